The molecule has 2 saturated heterocycles. The minimum absolute atomic E-state index is 0.189. The quantitative estimate of drug-likeness (QED) is 0.706. The molecule has 0 aromatic heterocycles. The number of amides is 1. The van der Waals surface area contributed by atoms with Gasteiger partial charge in [-0.3, -0.25) is 4.79 Å². The molecule has 0 bridgehead atoms. The summed E-state index contributed by atoms with van der Waals surface area (Å²) in [6.45, 7) is 3.63. The van der Waals surface area contributed by atoms with Crippen LogP contribution in [0.1, 0.15) is 25.7 Å². The molecule has 0 aromatic rings. The van der Waals surface area contributed by atoms with E-state index in [4.69, 9.17) is 4.74 Å². The zero-order valence-corrected chi connectivity index (χ0v) is 9.13. The fraction of sp³-hybridized carbons (Fsp3) is 0.909. The highest BCUT2D eigenvalue weighted by molar-refractivity contribution is 5.76. The van der Waals surface area contributed by atoms with Crippen molar-refractivity contribution in [2.45, 2.75) is 31.7 Å². The molecule has 2 unspecified atom stereocenters. The molecular weight excluding hydrogens is 192 g/mol. The molecule has 2 rings (SSSR count). The van der Waals surface area contributed by atoms with Gasteiger partial charge in [-0.1, -0.05) is 0 Å². The van der Waals surface area contributed by atoms with Crippen molar-refractivity contribution >= 4 is 5.91 Å². The summed E-state index contributed by atoms with van der Waals surface area (Å²) >= 11 is 0. The Balaban J connectivity index is 1.62. The molecule has 2 atom stereocenters. The maximum absolute atomic E-state index is 11.0. The highest BCUT2D eigenvalue weighted by Crippen LogP contribution is 2.13. The molecule has 4 nitrogen and oxygen atoms in total. The predicted octanol–water partition coefficient (Wildman–Crippen LogP) is 0.281. The molecule has 0 aliphatic carbocycles. The number of nitrogens with one attached hydrogen (secondary N) is 2. The monoisotopic (exact) mass is 212 g/mol. The third kappa shape index (κ3) is 3.47. The van der Waals surface area contributed by atoms with Gasteiger partial charge in [-0.15, -0.1) is 0 Å². The first-order valence-corrected chi connectivity index (χ1v) is 5.92. The maximum atomic E-state index is 11.0. The predicted molar refractivity (Wildman–Crippen MR) is 57.6 cm³/mol. The molecule has 0 spiro atoms. The number of hydrogen-bond donors (Lipinski definition) is 2. The summed E-state index contributed by atoms with van der Waals surface area (Å²) in [4.78, 5) is 11.0. The Labute approximate surface area is 90.8 Å². The molecule has 0 radical (unpaired) electrons. The smallest absolute Gasteiger partial charge is 0.220 e. The molecule has 4 heteroatoms. The third-order valence-electron chi connectivity index (χ3n) is 3.22. The van der Waals surface area contributed by atoms with Gasteiger partial charge in [-0.2, -0.15) is 0 Å². The van der Waals surface area contributed by atoms with Crippen molar-refractivity contribution in [1.29, 1.82) is 0 Å². The molecule has 2 aliphatic rings. The molecule has 0 saturated carbocycles. The molecule has 2 heterocycles. The lowest BCUT2D eigenvalue weighted by atomic mass is 10.0. The van der Waals surface area contributed by atoms with Crippen LogP contribution in [0.25, 0.3) is 0 Å². The van der Waals surface area contributed by atoms with Crippen molar-refractivity contribution in [3.05, 3.63) is 0 Å². The summed E-state index contributed by atoms with van der Waals surface area (Å²) in [6, 6.07) is 0.463. The zero-order valence-electron chi connectivity index (χ0n) is 9.13. The van der Waals surface area contributed by atoms with E-state index in [0.717, 1.165) is 32.7 Å². The van der Waals surface area contributed by atoms with Gasteiger partial charge in [0.15, 0.2) is 0 Å². The molecule has 1 amide bonds. The molecule has 86 valence electrons. The summed E-state index contributed by atoms with van der Waals surface area (Å²) in [5.41, 5.74) is 0. The van der Waals surface area contributed by atoms with Crippen LogP contribution in [0.2, 0.25) is 0 Å². The standard InChI is InChI=1S/C11H20N2O2/c14-11-4-3-10(7-13-11)12-6-9-2-1-5-15-8-9/h9-10,12H,1-8H2,(H,13,14). The van der Waals surface area contributed by atoms with E-state index in [1.807, 2.05) is 0 Å². The van der Waals surface area contributed by atoms with E-state index < -0.39 is 0 Å². The minimum Gasteiger partial charge on any atom is -0.381 e. The molecule has 2 fully saturated rings. The van der Waals surface area contributed by atoms with E-state index in [9.17, 15) is 4.79 Å². The first kappa shape index (κ1) is 10.9. The Hall–Kier alpha value is -0.610. The summed E-state index contributed by atoms with van der Waals surface area (Å²) in [6.07, 6.45) is 4.10. The number of carbonyl (C=O) groups excluding carboxylic acids is 1. The van der Waals surface area contributed by atoms with E-state index in [2.05, 4.69) is 10.6 Å². The van der Waals surface area contributed by atoms with E-state index in [-0.39, 0.29) is 5.91 Å². The Morgan fingerprint density at radius 1 is 1.47 bits per heavy atom. The largest absolute Gasteiger partial charge is 0.381 e. The van der Waals surface area contributed by atoms with Crippen molar-refractivity contribution in [3.8, 4) is 0 Å². The van der Waals surface area contributed by atoms with Crippen molar-refractivity contribution in [3.63, 3.8) is 0 Å². The van der Waals surface area contributed by atoms with E-state index in [1.165, 1.54) is 12.8 Å². The average molecular weight is 212 g/mol. The second kappa shape index (κ2) is 5.47. The van der Waals surface area contributed by atoms with Crippen LogP contribution in [0.4, 0.5) is 0 Å². The van der Waals surface area contributed by atoms with Gasteiger partial charge in [0.2, 0.25) is 5.91 Å². The van der Waals surface area contributed by atoms with Gasteiger partial charge < -0.3 is 15.4 Å². The van der Waals surface area contributed by atoms with Crippen molar-refractivity contribution in [1.82, 2.24) is 10.6 Å². The van der Waals surface area contributed by atoms with Gasteiger partial charge in [0, 0.05) is 32.2 Å². The SMILES string of the molecule is O=C1CCC(NCC2CCCOC2)CN1. The van der Waals surface area contributed by atoms with Gasteiger partial charge in [0.25, 0.3) is 0 Å². The normalized spacial score (nSPS) is 32.4. The minimum atomic E-state index is 0.189. The lowest BCUT2D eigenvalue weighted by Crippen LogP contribution is -2.47. The molecule has 0 aromatic carbocycles. The van der Waals surface area contributed by atoms with E-state index in [1.54, 1.807) is 0 Å². The number of rotatable bonds is 3. The fourth-order valence-corrected chi connectivity index (χ4v) is 2.21. The van der Waals surface area contributed by atoms with E-state index in [0.29, 0.717) is 18.4 Å². The van der Waals surface area contributed by atoms with Crippen LogP contribution in [0.5, 0.6) is 0 Å². The van der Waals surface area contributed by atoms with E-state index >= 15 is 0 Å². The van der Waals surface area contributed by atoms with Crippen molar-refractivity contribution in [2.75, 3.05) is 26.3 Å². The van der Waals surface area contributed by atoms with Crippen LogP contribution >= 0.6 is 0 Å². The molecule has 2 aliphatic heterocycles. The van der Waals surface area contributed by atoms with Crippen LogP contribution in [-0.4, -0.2) is 38.3 Å². The van der Waals surface area contributed by atoms with Gasteiger partial charge in [0.05, 0.1) is 6.61 Å². The van der Waals surface area contributed by atoms with Crippen LogP contribution in [0.3, 0.4) is 0 Å². The average Bonchev–Trinajstić information content (AvgIpc) is 2.30. The lowest BCUT2D eigenvalue weighted by molar-refractivity contribution is -0.122. The number of hydrogen-bond acceptors (Lipinski definition) is 3. The Morgan fingerprint density at radius 3 is 3.07 bits per heavy atom. The van der Waals surface area contributed by atoms with Crippen molar-refractivity contribution < 1.29 is 9.53 Å². The van der Waals surface area contributed by atoms with Crippen LogP contribution in [0, 0.1) is 5.92 Å². The maximum Gasteiger partial charge on any atom is 0.220 e. The summed E-state index contributed by atoms with van der Waals surface area (Å²) in [5, 5.41) is 6.40. The number of piperidine rings is 1. The highest BCUT2D eigenvalue weighted by Gasteiger charge is 2.19. The van der Waals surface area contributed by atoms with Crippen molar-refractivity contribution in [2.24, 2.45) is 5.92 Å². The summed E-state index contributed by atoms with van der Waals surface area (Å²) in [5.74, 6) is 0.852. The Bertz CT molecular complexity index is 205. The fourth-order valence-electron chi connectivity index (χ4n) is 2.21. The second-order valence-corrected chi connectivity index (χ2v) is 4.53. The van der Waals surface area contributed by atoms with Gasteiger partial charge >= 0.3 is 0 Å². The molecular formula is C11H20N2O2. The number of ether oxygens (including phenoxy) is 1. The first-order valence-electron chi connectivity index (χ1n) is 5.92. The van der Waals surface area contributed by atoms with Crippen LogP contribution < -0.4 is 10.6 Å². The number of carbonyl (C=O) groups is 1. The van der Waals surface area contributed by atoms with Gasteiger partial charge in [-0.05, 0) is 25.2 Å². The second-order valence-electron chi connectivity index (χ2n) is 4.53. The molecule has 2 N–H and O–H groups in total. The first-order chi connectivity index (χ1) is 7.34. The summed E-state index contributed by atoms with van der Waals surface area (Å²) < 4.78 is 5.43. The summed E-state index contributed by atoms with van der Waals surface area (Å²) in [7, 11) is 0. The zero-order chi connectivity index (χ0) is 10.5. The third-order valence-corrected chi connectivity index (χ3v) is 3.22. The van der Waals surface area contributed by atoms with Gasteiger partial charge in [-0.25, -0.2) is 0 Å². The van der Waals surface area contributed by atoms with Crippen LogP contribution in [-0.2, 0) is 9.53 Å². The lowest BCUT2D eigenvalue weighted by Gasteiger charge is -2.27. The van der Waals surface area contributed by atoms with Crippen LogP contribution in [0.15, 0.2) is 0 Å². The molecule has 15 heavy (non-hydrogen) atoms. The topological polar surface area (TPSA) is 50.4 Å². The Kier molecular flexibility index (Phi) is 3.97. The van der Waals surface area contributed by atoms with Gasteiger partial charge in [0.1, 0.15) is 0 Å². The Morgan fingerprint density at radius 2 is 2.40 bits per heavy atom. The highest BCUT2D eigenvalue weighted by atomic mass is 16.5.